The Morgan fingerprint density at radius 2 is 1.42 bits per heavy atom. The lowest BCUT2D eigenvalue weighted by Gasteiger charge is -2.38. The molecule has 0 atom stereocenters. The molecule has 0 bridgehead atoms. The molecule has 0 unspecified atom stereocenters. The minimum atomic E-state index is -4.45. The van der Waals surface area contributed by atoms with Gasteiger partial charge in [0.2, 0.25) is 0 Å². The Balaban J connectivity index is 0.000000412. The van der Waals surface area contributed by atoms with Crippen molar-refractivity contribution < 1.29 is 17.9 Å². The molecule has 2 aliphatic carbocycles. The van der Waals surface area contributed by atoms with Gasteiger partial charge in [0, 0.05) is 0 Å². The van der Waals surface area contributed by atoms with E-state index in [2.05, 4.69) is 38.5 Å². The number of rotatable bonds is 4. The van der Waals surface area contributed by atoms with Gasteiger partial charge in [-0.3, -0.25) is 4.74 Å². The molecule has 0 N–H and O–H groups in total. The largest absolute Gasteiger partial charge is 0.522 e. The van der Waals surface area contributed by atoms with E-state index in [4.69, 9.17) is 0 Å². The van der Waals surface area contributed by atoms with Crippen LogP contribution in [0.1, 0.15) is 86.0 Å². The van der Waals surface area contributed by atoms with E-state index in [-0.39, 0.29) is 6.61 Å². The Labute approximate surface area is 158 Å². The third-order valence-corrected chi connectivity index (χ3v) is 6.28. The van der Waals surface area contributed by atoms with Gasteiger partial charge in [-0.15, -0.1) is 13.2 Å². The summed E-state index contributed by atoms with van der Waals surface area (Å²) in [5.74, 6) is 4.80. The van der Waals surface area contributed by atoms with Crippen molar-refractivity contribution in [2.75, 3.05) is 6.61 Å². The fourth-order valence-electron chi connectivity index (χ4n) is 4.89. The van der Waals surface area contributed by atoms with Crippen molar-refractivity contribution in [3.63, 3.8) is 0 Å². The quantitative estimate of drug-likeness (QED) is 0.455. The van der Waals surface area contributed by atoms with E-state index in [1.165, 1.54) is 58.3 Å². The second-order valence-electron chi connectivity index (χ2n) is 8.45. The number of allylic oxidation sites excluding steroid dienone is 2. The standard InChI is InChI=1S/C19H34.C3H5F3O/c1-5-19(14(2)3)18-12-10-17(11-13-18)16-8-6-15(4)7-9-16;1-2-7-3(4,5)6/h5,14-18H,6-13H2,1-4H3;2H2,1H3/b19-5+;. The average Bonchev–Trinajstić information content (AvgIpc) is 2.56. The van der Waals surface area contributed by atoms with E-state index >= 15 is 0 Å². The highest BCUT2D eigenvalue weighted by molar-refractivity contribution is 5.09. The Morgan fingerprint density at radius 3 is 1.73 bits per heavy atom. The lowest BCUT2D eigenvalue weighted by Crippen LogP contribution is -2.26. The van der Waals surface area contributed by atoms with Gasteiger partial charge >= 0.3 is 6.36 Å². The van der Waals surface area contributed by atoms with Crippen molar-refractivity contribution >= 4 is 0 Å². The molecule has 2 saturated carbocycles. The highest BCUT2D eigenvalue weighted by atomic mass is 19.4. The van der Waals surface area contributed by atoms with Crippen LogP contribution in [0.3, 0.4) is 0 Å². The topological polar surface area (TPSA) is 9.23 Å². The first-order chi connectivity index (χ1) is 12.2. The number of hydrogen-bond acceptors (Lipinski definition) is 1. The Morgan fingerprint density at radius 1 is 0.962 bits per heavy atom. The first-order valence-electron chi connectivity index (χ1n) is 10.5. The normalized spacial score (nSPS) is 30.7. The Bertz CT molecular complexity index is 398. The molecule has 0 heterocycles. The van der Waals surface area contributed by atoms with Crippen LogP contribution in [-0.2, 0) is 4.74 Å². The molecule has 1 nitrogen and oxygen atoms in total. The average molecular weight is 377 g/mol. The summed E-state index contributed by atoms with van der Waals surface area (Å²) < 4.78 is 35.7. The van der Waals surface area contributed by atoms with Gasteiger partial charge in [-0.25, -0.2) is 0 Å². The van der Waals surface area contributed by atoms with E-state index < -0.39 is 6.36 Å². The summed E-state index contributed by atoms with van der Waals surface area (Å²) in [5.41, 5.74) is 1.73. The number of alkyl halides is 3. The molecule has 154 valence electrons. The van der Waals surface area contributed by atoms with Gasteiger partial charge < -0.3 is 0 Å². The molecular weight excluding hydrogens is 337 g/mol. The smallest absolute Gasteiger partial charge is 0.292 e. The summed E-state index contributed by atoms with van der Waals surface area (Å²) in [6.45, 7) is 10.4. The number of ether oxygens (including phenoxy) is 1. The molecule has 0 aromatic heterocycles. The lowest BCUT2D eigenvalue weighted by molar-refractivity contribution is -0.322. The molecule has 0 saturated heterocycles. The summed E-state index contributed by atoms with van der Waals surface area (Å²) in [6.07, 6.45) is 9.94. The minimum Gasteiger partial charge on any atom is -0.292 e. The first kappa shape index (κ1) is 23.5. The third-order valence-electron chi connectivity index (χ3n) is 6.28. The monoisotopic (exact) mass is 376 g/mol. The fourth-order valence-corrected chi connectivity index (χ4v) is 4.89. The maximum atomic E-state index is 10.8. The minimum absolute atomic E-state index is 0.316. The second kappa shape index (κ2) is 11.4. The third kappa shape index (κ3) is 8.45. The van der Waals surface area contributed by atoms with Crippen LogP contribution in [0.5, 0.6) is 0 Å². The van der Waals surface area contributed by atoms with Crippen molar-refractivity contribution in [2.45, 2.75) is 92.3 Å². The SMILES string of the molecule is C/C=C(\C(C)C)C1CCC(C2CCC(C)CC2)CC1.CCOC(F)(F)F. The van der Waals surface area contributed by atoms with E-state index in [9.17, 15) is 13.2 Å². The zero-order chi connectivity index (χ0) is 19.7. The Hall–Kier alpha value is -0.510. The van der Waals surface area contributed by atoms with Gasteiger partial charge in [0.15, 0.2) is 0 Å². The fraction of sp³-hybridized carbons (Fsp3) is 0.909. The van der Waals surface area contributed by atoms with Gasteiger partial charge in [0.1, 0.15) is 0 Å². The van der Waals surface area contributed by atoms with Crippen LogP contribution in [0.25, 0.3) is 0 Å². The lowest BCUT2D eigenvalue weighted by atomic mass is 9.67. The zero-order valence-corrected chi connectivity index (χ0v) is 17.4. The van der Waals surface area contributed by atoms with E-state index in [1.54, 1.807) is 5.57 Å². The van der Waals surface area contributed by atoms with Gasteiger partial charge in [-0.2, -0.15) is 0 Å². The van der Waals surface area contributed by atoms with Crippen molar-refractivity contribution in [3.8, 4) is 0 Å². The van der Waals surface area contributed by atoms with Crippen LogP contribution in [0.2, 0.25) is 0 Å². The maximum Gasteiger partial charge on any atom is 0.522 e. The van der Waals surface area contributed by atoms with Crippen LogP contribution < -0.4 is 0 Å². The molecule has 0 aromatic rings. The van der Waals surface area contributed by atoms with Crippen molar-refractivity contribution in [1.82, 2.24) is 0 Å². The molecule has 2 rings (SSSR count). The van der Waals surface area contributed by atoms with Gasteiger partial charge in [-0.05, 0) is 82.0 Å². The van der Waals surface area contributed by atoms with Crippen molar-refractivity contribution in [3.05, 3.63) is 11.6 Å². The summed E-state index contributed by atoms with van der Waals surface area (Å²) in [6, 6.07) is 0. The van der Waals surface area contributed by atoms with Crippen LogP contribution in [0.4, 0.5) is 13.2 Å². The molecule has 0 aliphatic heterocycles. The zero-order valence-electron chi connectivity index (χ0n) is 17.4. The van der Waals surface area contributed by atoms with Gasteiger partial charge in [0.05, 0.1) is 6.61 Å². The molecule has 4 heteroatoms. The van der Waals surface area contributed by atoms with Gasteiger partial charge in [0.25, 0.3) is 0 Å². The molecule has 26 heavy (non-hydrogen) atoms. The van der Waals surface area contributed by atoms with Crippen LogP contribution >= 0.6 is 0 Å². The number of hydrogen-bond donors (Lipinski definition) is 0. The molecular formula is C22H39F3O. The van der Waals surface area contributed by atoms with E-state index in [1.807, 2.05) is 0 Å². The van der Waals surface area contributed by atoms with E-state index in [0.717, 1.165) is 29.6 Å². The highest BCUT2D eigenvalue weighted by Gasteiger charge is 2.31. The first-order valence-corrected chi connectivity index (χ1v) is 10.5. The Kier molecular flexibility index (Phi) is 10.3. The predicted molar refractivity (Wildman–Crippen MR) is 103 cm³/mol. The summed E-state index contributed by atoms with van der Waals surface area (Å²) in [5, 5.41) is 0. The molecule has 2 aliphatic rings. The van der Waals surface area contributed by atoms with Crippen LogP contribution in [-0.4, -0.2) is 13.0 Å². The number of halogens is 3. The van der Waals surface area contributed by atoms with Crippen LogP contribution in [0.15, 0.2) is 11.6 Å². The molecule has 2 fully saturated rings. The van der Waals surface area contributed by atoms with Crippen molar-refractivity contribution in [1.29, 1.82) is 0 Å². The molecule has 0 spiro atoms. The molecule has 0 aromatic carbocycles. The van der Waals surface area contributed by atoms with Crippen molar-refractivity contribution in [2.24, 2.45) is 29.6 Å². The maximum absolute atomic E-state index is 10.8. The van der Waals surface area contributed by atoms with Crippen LogP contribution in [0, 0.1) is 29.6 Å². The second-order valence-corrected chi connectivity index (χ2v) is 8.45. The summed E-state index contributed by atoms with van der Waals surface area (Å²) in [7, 11) is 0. The summed E-state index contributed by atoms with van der Waals surface area (Å²) in [4.78, 5) is 0. The van der Waals surface area contributed by atoms with E-state index in [0.29, 0.717) is 0 Å². The summed E-state index contributed by atoms with van der Waals surface area (Å²) >= 11 is 0. The highest BCUT2D eigenvalue weighted by Crippen LogP contribution is 2.43. The van der Waals surface area contributed by atoms with Gasteiger partial charge in [-0.1, -0.05) is 45.3 Å². The predicted octanol–water partition coefficient (Wildman–Crippen LogP) is 7.76. The molecule has 0 radical (unpaired) electrons. The molecule has 0 amide bonds.